The van der Waals surface area contributed by atoms with Gasteiger partial charge in [0.15, 0.2) is 5.78 Å². The van der Waals surface area contributed by atoms with Gasteiger partial charge in [0.05, 0.1) is 11.7 Å². The summed E-state index contributed by atoms with van der Waals surface area (Å²) in [6, 6.07) is 9.78. The predicted octanol–water partition coefficient (Wildman–Crippen LogP) is 3.21. The summed E-state index contributed by atoms with van der Waals surface area (Å²) in [6.45, 7) is 1.55. The van der Waals surface area contributed by atoms with Crippen LogP contribution in [0, 0.1) is 18.6 Å². The van der Waals surface area contributed by atoms with Crippen LogP contribution in [0.25, 0.3) is 5.69 Å². The molecular weight excluding hydrogens is 430 g/mol. The molecule has 0 saturated heterocycles. The SMILES string of the molecule is Cc1c(F)cc(-n2ncccc2=O)cc1CC(=O)C1=CN(C)C(=O)N[C@H]1c1ccc(F)cc1. The van der Waals surface area contributed by atoms with Gasteiger partial charge in [-0.3, -0.25) is 9.59 Å². The molecular formula is C24H20F2N4O3. The van der Waals surface area contributed by atoms with Gasteiger partial charge in [-0.25, -0.2) is 13.6 Å². The minimum atomic E-state index is -0.784. The normalized spacial score (nSPS) is 15.8. The fraction of sp³-hybridized carbons (Fsp3) is 0.167. The van der Waals surface area contributed by atoms with Crippen LogP contribution in [0.15, 0.2) is 71.3 Å². The summed E-state index contributed by atoms with van der Waals surface area (Å²) in [6.07, 6.45) is 2.65. The van der Waals surface area contributed by atoms with Crippen molar-refractivity contribution in [1.82, 2.24) is 20.0 Å². The molecule has 2 aromatic carbocycles. The number of urea groups is 1. The summed E-state index contributed by atoms with van der Waals surface area (Å²) in [4.78, 5) is 38.9. The molecule has 0 unspecified atom stereocenters. The number of hydrogen-bond donors (Lipinski definition) is 1. The summed E-state index contributed by atoms with van der Waals surface area (Å²) in [5.41, 5.74) is 1.21. The van der Waals surface area contributed by atoms with Crippen molar-refractivity contribution >= 4 is 11.8 Å². The van der Waals surface area contributed by atoms with E-state index >= 15 is 0 Å². The topological polar surface area (TPSA) is 84.3 Å². The lowest BCUT2D eigenvalue weighted by atomic mass is 9.90. The molecule has 0 bridgehead atoms. The Morgan fingerprint density at radius 2 is 1.85 bits per heavy atom. The summed E-state index contributed by atoms with van der Waals surface area (Å²) in [7, 11) is 1.50. The lowest BCUT2D eigenvalue weighted by molar-refractivity contribution is -0.115. The van der Waals surface area contributed by atoms with Crippen LogP contribution in [0.3, 0.4) is 0 Å². The first-order chi connectivity index (χ1) is 15.7. The Balaban J connectivity index is 1.71. The molecule has 9 heteroatoms. The fourth-order valence-corrected chi connectivity index (χ4v) is 3.65. The van der Waals surface area contributed by atoms with Crippen LogP contribution < -0.4 is 10.9 Å². The Morgan fingerprint density at radius 1 is 1.12 bits per heavy atom. The fourth-order valence-electron chi connectivity index (χ4n) is 3.65. The Morgan fingerprint density at radius 3 is 2.55 bits per heavy atom. The average molecular weight is 450 g/mol. The monoisotopic (exact) mass is 450 g/mol. The summed E-state index contributed by atoms with van der Waals surface area (Å²) >= 11 is 0. The van der Waals surface area contributed by atoms with Gasteiger partial charge in [0.25, 0.3) is 5.56 Å². The molecule has 2 amide bonds. The summed E-state index contributed by atoms with van der Waals surface area (Å²) in [5, 5.41) is 6.70. The molecule has 168 valence electrons. The molecule has 3 aromatic rings. The predicted molar refractivity (Wildman–Crippen MR) is 117 cm³/mol. The van der Waals surface area contributed by atoms with Crippen LogP contribution in [-0.4, -0.2) is 33.5 Å². The van der Waals surface area contributed by atoms with Crippen LogP contribution in [0.5, 0.6) is 0 Å². The van der Waals surface area contributed by atoms with Crippen molar-refractivity contribution in [3.05, 3.63) is 105 Å². The molecule has 0 radical (unpaired) electrons. The first-order valence-corrected chi connectivity index (χ1v) is 10.1. The van der Waals surface area contributed by atoms with E-state index in [-0.39, 0.29) is 29.0 Å². The van der Waals surface area contributed by atoms with Crippen LogP contribution in [0.4, 0.5) is 13.6 Å². The number of rotatable bonds is 5. The van der Waals surface area contributed by atoms with Crippen LogP contribution in [-0.2, 0) is 11.2 Å². The molecule has 0 fully saturated rings. The van der Waals surface area contributed by atoms with Crippen molar-refractivity contribution in [2.75, 3.05) is 7.05 Å². The highest BCUT2D eigenvalue weighted by Crippen LogP contribution is 2.28. The highest BCUT2D eigenvalue weighted by molar-refractivity contribution is 6.00. The van der Waals surface area contributed by atoms with E-state index in [0.717, 1.165) is 4.68 Å². The standard InChI is InChI=1S/C24H20F2N4O3/c1-14-16(10-18(12-20(14)26)30-22(32)4-3-9-27-30)11-21(31)19-13-29(2)24(33)28-23(19)15-5-7-17(25)8-6-15/h3-10,12-13,23H,11H2,1-2H3,(H,28,33)/t23-/m0/s1. The Labute approximate surface area is 188 Å². The van der Waals surface area contributed by atoms with Gasteiger partial charge < -0.3 is 10.2 Å². The van der Waals surface area contributed by atoms with Crippen molar-refractivity contribution in [2.45, 2.75) is 19.4 Å². The number of halogens is 2. The van der Waals surface area contributed by atoms with Gasteiger partial charge in [0.1, 0.15) is 11.6 Å². The zero-order valence-corrected chi connectivity index (χ0v) is 17.9. The Kier molecular flexibility index (Phi) is 5.87. The molecule has 4 rings (SSSR count). The maximum absolute atomic E-state index is 14.7. The van der Waals surface area contributed by atoms with E-state index in [1.165, 1.54) is 66.8 Å². The third-order valence-electron chi connectivity index (χ3n) is 5.51. The van der Waals surface area contributed by atoms with Gasteiger partial charge in [-0.05, 0) is 53.9 Å². The number of nitrogens with zero attached hydrogens (tertiary/aromatic N) is 3. The highest BCUT2D eigenvalue weighted by Gasteiger charge is 2.30. The molecule has 0 aliphatic carbocycles. The number of carbonyl (C=O) groups is 2. The van der Waals surface area contributed by atoms with E-state index < -0.39 is 29.3 Å². The van der Waals surface area contributed by atoms with Gasteiger partial charge in [-0.1, -0.05) is 12.1 Å². The van der Waals surface area contributed by atoms with Gasteiger partial charge in [0.2, 0.25) is 0 Å². The number of aromatic nitrogens is 2. The lowest BCUT2D eigenvalue weighted by Crippen LogP contribution is -2.43. The number of nitrogens with one attached hydrogen (secondary N) is 1. The third-order valence-corrected chi connectivity index (χ3v) is 5.51. The molecule has 33 heavy (non-hydrogen) atoms. The first kappa shape index (κ1) is 22.1. The number of carbonyl (C=O) groups excluding carboxylic acids is 2. The third kappa shape index (κ3) is 4.43. The second-order valence-electron chi connectivity index (χ2n) is 7.71. The molecule has 7 nitrogen and oxygen atoms in total. The van der Waals surface area contributed by atoms with E-state index in [1.807, 2.05) is 0 Å². The summed E-state index contributed by atoms with van der Waals surface area (Å²) < 4.78 is 29.1. The molecule has 0 spiro atoms. The molecule has 1 aliphatic heterocycles. The Hall–Kier alpha value is -4.14. The summed E-state index contributed by atoms with van der Waals surface area (Å²) in [5.74, 6) is -1.38. The van der Waals surface area contributed by atoms with Crippen molar-refractivity contribution in [3.63, 3.8) is 0 Å². The number of benzene rings is 2. The molecule has 2 heterocycles. The van der Waals surface area contributed by atoms with Crippen LogP contribution in [0.1, 0.15) is 22.7 Å². The molecule has 1 N–H and O–H groups in total. The first-order valence-electron chi connectivity index (χ1n) is 10.1. The maximum Gasteiger partial charge on any atom is 0.321 e. The highest BCUT2D eigenvalue weighted by atomic mass is 19.1. The number of ketones is 1. The van der Waals surface area contributed by atoms with Crippen molar-refractivity contribution in [1.29, 1.82) is 0 Å². The average Bonchev–Trinajstić information content (AvgIpc) is 2.79. The largest absolute Gasteiger partial charge is 0.327 e. The van der Waals surface area contributed by atoms with E-state index in [1.54, 1.807) is 13.0 Å². The minimum Gasteiger partial charge on any atom is -0.327 e. The zero-order chi connectivity index (χ0) is 23.7. The van der Waals surface area contributed by atoms with Crippen molar-refractivity contribution in [3.8, 4) is 5.69 Å². The number of Topliss-reactive ketones (excluding diaryl/α,β-unsaturated/α-hetero) is 1. The maximum atomic E-state index is 14.7. The van der Waals surface area contributed by atoms with Crippen LogP contribution in [0.2, 0.25) is 0 Å². The smallest absolute Gasteiger partial charge is 0.321 e. The van der Waals surface area contributed by atoms with Gasteiger partial charge in [-0.2, -0.15) is 9.78 Å². The van der Waals surface area contributed by atoms with Gasteiger partial charge >= 0.3 is 6.03 Å². The van der Waals surface area contributed by atoms with Crippen molar-refractivity contribution < 1.29 is 18.4 Å². The quantitative estimate of drug-likeness (QED) is 0.647. The number of hydrogen-bond acceptors (Lipinski definition) is 4. The minimum absolute atomic E-state index is 0.175. The van der Waals surface area contributed by atoms with E-state index in [2.05, 4.69) is 10.4 Å². The van der Waals surface area contributed by atoms with Gasteiger partial charge in [0, 0.05) is 37.5 Å². The number of amides is 2. The molecule has 0 saturated carbocycles. The molecule has 1 aliphatic rings. The van der Waals surface area contributed by atoms with Crippen molar-refractivity contribution in [2.24, 2.45) is 0 Å². The van der Waals surface area contributed by atoms with E-state index in [0.29, 0.717) is 11.1 Å². The van der Waals surface area contributed by atoms with Gasteiger partial charge in [-0.15, -0.1) is 0 Å². The van der Waals surface area contributed by atoms with Crippen LogP contribution >= 0.6 is 0 Å². The second kappa shape index (κ2) is 8.78. The zero-order valence-electron chi connectivity index (χ0n) is 17.9. The molecule has 1 aromatic heterocycles. The van der Waals surface area contributed by atoms with E-state index in [9.17, 15) is 23.2 Å². The lowest BCUT2D eigenvalue weighted by Gasteiger charge is -2.30. The second-order valence-corrected chi connectivity index (χ2v) is 7.71. The Bertz CT molecular complexity index is 1330. The van der Waals surface area contributed by atoms with E-state index in [4.69, 9.17) is 0 Å². The molecule has 1 atom stereocenters.